The maximum absolute atomic E-state index is 12.2. The van der Waals surface area contributed by atoms with Crippen molar-refractivity contribution in [3.8, 4) is 5.75 Å². The van der Waals surface area contributed by atoms with E-state index in [9.17, 15) is 9.59 Å². The number of hydrogen-bond donors (Lipinski definition) is 1. The molecular weight excluding hydrogens is 340 g/mol. The lowest BCUT2D eigenvalue weighted by molar-refractivity contribution is -0.129. The molecule has 132 valence electrons. The molecule has 25 heavy (non-hydrogen) atoms. The first-order chi connectivity index (χ1) is 12.0. The first-order valence-corrected chi connectivity index (χ1v) is 8.30. The molecule has 0 spiro atoms. The van der Waals surface area contributed by atoms with E-state index in [4.69, 9.17) is 16.3 Å². The first-order valence-electron chi connectivity index (χ1n) is 7.92. The second kappa shape index (κ2) is 9.08. The monoisotopic (exact) mass is 360 g/mol. The number of methoxy groups -OCH3 is 1. The van der Waals surface area contributed by atoms with Crippen molar-refractivity contribution >= 4 is 29.1 Å². The van der Waals surface area contributed by atoms with Crippen molar-refractivity contribution in [2.24, 2.45) is 0 Å². The summed E-state index contributed by atoms with van der Waals surface area (Å²) < 4.78 is 5.21. The van der Waals surface area contributed by atoms with Crippen LogP contribution in [-0.4, -0.2) is 30.4 Å². The third-order valence-corrected chi connectivity index (χ3v) is 3.97. The van der Waals surface area contributed by atoms with Crippen molar-refractivity contribution < 1.29 is 14.3 Å². The van der Waals surface area contributed by atoms with E-state index < -0.39 is 0 Å². The third kappa shape index (κ3) is 5.80. The molecule has 0 saturated carbocycles. The van der Waals surface area contributed by atoms with Crippen LogP contribution < -0.4 is 10.1 Å². The van der Waals surface area contributed by atoms with Gasteiger partial charge in [0.25, 0.3) is 0 Å². The molecule has 0 bridgehead atoms. The van der Waals surface area contributed by atoms with Gasteiger partial charge in [-0.1, -0.05) is 35.9 Å². The van der Waals surface area contributed by atoms with E-state index in [0.717, 1.165) is 5.56 Å². The summed E-state index contributed by atoms with van der Waals surface area (Å²) in [4.78, 5) is 25.6. The zero-order chi connectivity index (χ0) is 18.2. The van der Waals surface area contributed by atoms with Crippen LogP contribution in [0.2, 0.25) is 5.02 Å². The number of carbonyl (C=O) groups excluding carboxylic acids is 2. The van der Waals surface area contributed by atoms with E-state index >= 15 is 0 Å². The summed E-state index contributed by atoms with van der Waals surface area (Å²) in [6.07, 6.45) is 0.200. The van der Waals surface area contributed by atoms with Gasteiger partial charge >= 0.3 is 0 Å². The number of rotatable bonds is 7. The van der Waals surface area contributed by atoms with Crippen LogP contribution in [0.5, 0.6) is 5.75 Å². The lowest BCUT2D eigenvalue weighted by Crippen LogP contribution is -2.31. The molecule has 5 nitrogen and oxygen atoms in total. The second-order valence-corrected chi connectivity index (χ2v) is 6.00. The minimum absolute atomic E-state index is 0.0833. The largest absolute Gasteiger partial charge is 0.495 e. The van der Waals surface area contributed by atoms with Crippen LogP contribution in [-0.2, 0) is 16.1 Å². The zero-order valence-electron chi connectivity index (χ0n) is 14.3. The molecular formula is C19H21ClN2O3. The van der Waals surface area contributed by atoms with E-state index in [0.29, 0.717) is 29.5 Å². The number of halogens is 1. The van der Waals surface area contributed by atoms with Gasteiger partial charge in [-0.15, -0.1) is 0 Å². The zero-order valence-corrected chi connectivity index (χ0v) is 15.0. The van der Waals surface area contributed by atoms with Crippen LogP contribution in [0.1, 0.15) is 18.9 Å². The lowest BCUT2D eigenvalue weighted by atomic mass is 10.2. The molecule has 0 saturated heterocycles. The van der Waals surface area contributed by atoms with Crippen LogP contribution in [0.15, 0.2) is 48.5 Å². The highest BCUT2D eigenvalue weighted by molar-refractivity contribution is 6.30. The van der Waals surface area contributed by atoms with Crippen molar-refractivity contribution in [1.29, 1.82) is 0 Å². The molecule has 2 aromatic rings. The Kier molecular flexibility index (Phi) is 6.83. The van der Waals surface area contributed by atoms with Crippen LogP contribution >= 0.6 is 11.6 Å². The fraction of sp³-hybridized carbons (Fsp3) is 0.263. The Hall–Kier alpha value is -2.53. The molecule has 0 fully saturated rings. The smallest absolute Gasteiger partial charge is 0.226 e. The SMILES string of the molecule is COc1ccccc1NC(=O)CCN(Cc1ccc(Cl)cc1)C(C)=O. The Morgan fingerprint density at radius 1 is 1.12 bits per heavy atom. The molecule has 2 aromatic carbocycles. The molecule has 0 aromatic heterocycles. The van der Waals surface area contributed by atoms with E-state index in [-0.39, 0.29) is 18.2 Å². The summed E-state index contributed by atoms with van der Waals surface area (Å²) >= 11 is 5.87. The quantitative estimate of drug-likeness (QED) is 0.818. The predicted octanol–water partition coefficient (Wildman–Crippen LogP) is 3.73. The molecule has 0 unspecified atom stereocenters. The van der Waals surface area contributed by atoms with Gasteiger partial charge in [-0.05, 0) is 29.8 Å². The van der Waals surface area contributed by atoms with Gasteiger partial charge in [0.2, 0.25) is 11.8 Å². The van der Waals surface area contributed by atoms with Gasteiger partial charge < -0.3 is 15.0 Å². The fourth-order valence-electron chi connectivity index (χ4n) is 2.36. The van der Waals surface area contributed by atoms with Gasteiger partial charge in [-0.25, -0.2) is 0 Å². The minimum Gasteiger partial charge on any atom is -0.495 e. The Balaban J connectivity index is 1.93. The Bertz CT molecular complexity index is 732. The maximum atomic E-state index is 12.2. The van der Waals surface area contributed by atoms with Gasteiger partial charge in [-0.3, -0.25) is 9.59 Å². The van der Waals surface area contributed by atoms with E-state index in [1.165, 1.54) is 6.92 Å². The summed E-state index contributed by atoms with van der Waals surface area (Å²) in [6, 6.07) is 14.5. The number of carbonyl (C=O) groups is 2. The van der Waals surface area contributed by atoms with Crippen LogP contribution in [0.25, 0.3) is 0 Å². The molecule has 2 amide bonds. The summed E-state index contributed by atoms with van der Waals surface area (Å²) in [6.45, 7) is 2.27. The molecule has 0 radical (unpaired) electrons. The second-order valence-electron chi connectivity index (χ2n) is 5.57. The van der Waals surface area contributed by atoms with E-state index in [2.05, 4.69) is 5.32 Å². The van der Waals surface area contributed by atoms with E-state index in [1.54, 1.807) is 36.3 Å². The number of hydrogen-bond acceptors (Lipinski definition) is 3. The van der Waals surface area contributed by atoms with Crippen molar-refractivity contribution in [1.82, 2.24) is 4.90 Å². The first kappa shape index (κ1) is 18.8. The topological polar surface area (TPSA) is 58.6 Å². The van der Waals surface area contributed by atoms with Gasteiger partial charge in [0.1, 0.15) is 5.75 Å². The number of anilines is 1. The molecule has 1 N–H and O–H groups in total. The van der Waals surface area contributed by atoms with Crippen molar-refractivity contribution in [3.05, 3.63) is 59.1 Å². The third-order valence-electron chi connectivity index (χ3n) is 3.72. The minimum atomic E-state index is -0.174. The molecule has 0 heterocycles. The average Bonchev–Trinajstić information content (AvgIpc) is 2.60. The molecule has 6 heteroatoms. The highest BCUT2D eigenvalue weighted by Crippen LogP contribution is 2.23. The number of nitrogens with zero attached hydrogens (tertiary/aromatic N) is 1. The fourth-order valence-corrected chi connectivity index (χ4v) is 2.48. The highest BCUT2D eigenvalue weighted by atomic mass is 35.5. The molecule has 0 atom stereocenters. The number of para-hydroxylation sites is 2. The van der Waals surface area contributed by atoms with Crippen molar-refractivity contribution in [2.75, 3.05) is 19.0 Å². The van der Waals surface area contributed by atoms with Crippen molar-refractivity contribution in [3.63, 3.8) is 0 Å². The average molecular weight is 361 g/mol. The number of ether oxygens (including phenoxy) is 1. The van der Waals surface area contributed by atoms with Crippen LogP contribution in [0.4, 0.5) is 5.69 Å². The van der Waals surface area contributed by atoms with Crippen LogP contribution in [0.3, 0.4) is 0 Å². The molecule has 0 aliphatic carbocycles. The summed E-state index contributed by atoms with van der Waals surface area (Å²) in [5.41, 5.74) is 1.58. The molecule has 0 aliphatic rings. The predicted molar refractivity (Wildman–Crippen MR) is 98.8 cm³/mol. The maximum Gasteiger partial charge on any atom is 0.226 e. The summed E-state index contributed by atoms with van der Waals surface area (Å²) in [5.74, 6) is 0.340. The van der Waals surface area contributed by atoms with Gasteiger partial charge in [-0.2, -0.15) is 0 Å². The number of amides is 2. The Morgan fingerprint density at radius 3 is 2.44 bits per heavy atom. The van der Waals surface area contributed by atoms with E-state index in [1.807, 2.05) is 24.3 Å². The summed E-state index contributed by atoms with van der Waals surface area (Å²) in [5, 5.41) is 3.46. The van der Waals surface area contributed by atoms with Gasteiger partial charge in [0.15, 0.2) is 0 Å². The van der Waals surface area contributed by atoms with Gasteiger partial charge in [0.05, 0.1) is 12.8 Å². The summed E-state index contributed by atoms with van der Waals surface area (Å²) in [7, 11) is 1.55. The normalized spacial score (nSPS) is 10.2. The Labute approximate surface area is 152 Å². The molecule has 2 rings (SSSR count). The van der Waals surface area contributed by atoms with Gasteiger partial charge in [0, 0.05) is 31.5 Å². The number of nitrogens with one attached hydrogen (secondary N) is 1. The highest BCUT2D eigenvalue weighted by Gasteiger charge is 2.13. The molecule has 0 aliphatic heterocycles. The van der Waals surface area contributed by atoms with Crippen molar-refractivity contribution in [2.45, 2.75) is 19.9 Å². The Morgan fingerprint density at radius 2 is 1.80 bits per heavy atom. The lowest BCUT2D eigenvalue weighted by Gasteiger charge is -2.21. The number of benzene rings is 2. The van der Waals surface area contributed by atoms with Crippen LogP contribution in [0, 0.1) is 0 Å². The standard InChI is InChI=1S/C19H21ClN2O3/c1-14(23)22(13-15-7-9-16(20)10-8-15)12-11-19(24)21-17-5-3-4-6-18(17)25-2/h3-10H,11-13H2,1-2H3,(H,21,24).